The van der Waals surface area contributed by atoms with E-state index in [0.29, 0.717) is 18.2 Å². The number of hydrogen-bond acceptors (Lipinski definition) is 5. The fourth-order valence-electron chi connectivity index (χ4n) is 3.72. The summed E-state index contributed by atoms with van der Waals surface area (Å²) in [5.74, 6) is 2.70. The topological polar surface area (TPSA) is 68.0 Å². The molecule has 2 fully saturated rings. The number of thiophene rings is 1. The highest BCUT2D eigenvalue weighted by Gasteiger charge is 2.26. The van der Waals surface area contributed by atoms with Crippen LogP contribution in [0, 0.1) is 12.8 Å². The first kappa shape index (κ1) is 16.8. The van der Waals surface area contributed by atoms with Gasteiger partial charge in [0, 0.05) is 17.2 Å². The molecule has 2 aromatic heterocycles. The average Bonchev–Trinajstić information content (AvgIpc) is 3.26. The van der Waals surface area contributed by atoms with Crippen molar-refractivity contribution >= 4 is 22.9 Å². The molecule has 5 nitrogen and oxygen atoms in total. The maximum Gasteiger partial charge on any atom is 0.230 e. The molecule has 0 radical (unpaired) electrons. The van der Waals surface area contributed by atoms with Gasteiger partial charge in [0.2, 0.25) is 17.6 Å². The Morgan fingerprint density at radius 2 is 2.08 bits per heavy atom. The van der Waals surface area contributed by atoms with E-state index in [4.69, 9.17) is 4.52 Å². The predicted molar refractivity (Wildman–Crippen MR) is 98.8 cm³/mol. The zero-order chi connectivity index (χ0) is 17.2. The largest absolute Gasteiger partial charge is 0.339 e. The summed E-state index contributed by atoms with van der Waals surface area (Å²) in [6, 6.07) is 1.98. The van der Waals surface area contributed by atoms with Crippen LogP contribution in [0.4, 0.5) is 5.69 Å². The lowest BCUT2D eigenvalue weighted by Crippen LogP contribution is -2.12. The Morgan fingerprint density at radius 1 is 1.28 bits per heavy atom. The second-order valence-corrected chi connectivity index (χ2v) is 8.66. The molecule has 0 aromatic carbocycles. The van der Waals surface area contributed by atoms with E-state index >= 15 is 0 Å². The highest BCUT2D eigenvalue weighted by molar-refractivity contribution is 7.16. The molecule has 2 aliphatic carbocycles. The van der Waals surface area contributed by atoms with Crippen LogP contribution in [-0.2, 0) is 4.79 Å². The highest BCUT2D eigenvalue weighted by atomic mass is 32.1. The lowest BCUT2D eigenvalue weighted by Gasteiger charge is -2.20. The van der Waals surface area contributed by atoms with E-state index in [1.165, 1.54) is 32.1 Å². The van der Waals surface area contributed by atoms with Crippen LogP contribution in [0.25, 0.3) is 10.7 Å². The second kappa shape index (κ2) is 7.28. The molecule has 0 aliphatic heterocycles. The van der Waals surface area contributed by atoms with Crippen LogP contribution in [0.2, 0.25) is 0 Å². The third kappa shape index (κ3) is 3.78. The standard InChI is InChI=1S/C19H25N3O2S/c1-12-15(20-17(23)10-9-13-5-2-3-6-13)11-16(25-12)18-21-19(24-22-18)14-7-4-8-14/h11,13-14H,2-10H2,1H3,(H,20,23). The molecule has 0 bridgehead atoms. The molecule has 25 heavy (non-hydrogen) atoms. The molecule has 0 spiro atoms. The summed E-state index contributed by atoms with van der Waals surface area (Å²) in [7, 11) is 0. The zero-order valence-electron chi connectivity index (χ0n) is 14.7. The van der Waals surface area contributed by atoms with Crippen molar-refractivity contribution in [1.82, 2.24) is 10.1 Å². The van der Waals surface area contributed by atoms with Crippen LogP contribution in [-0.4, -0.2) is 16.0 Å². The molecule has 2 aromatic rings. The maximum absolute atomic E-state index is 12.3. The van der Waals surface area contributed by atoms with Crippen LogP contribution in [0.1, 0.15) is 74.5 Å². The smallest absolute Gasteiger partial charge is 0.230 e. The Morgan fingerprint density at radius 3 is 2.80 bits per heavy atom. The first-order chi connectivity index (χ1) is 12.2. The number of carbonyl (C=O) groups excluding carboxylic acids is 1. The van der Waals surface area contributed by atoms with Crippen LogP contribution in [0.5, 0.6) is 0 Å². The van der Waals surface area contributed by atoms with E-state index in [2.05, 4.69) is 15.5 Å². The number of carbonyl (C=O) groups is 1. The number of aromatic nitrogens is 2. The monoisotopic (exact) mass is 359 g/mol. The van der Waals surface area contributed by atoms with Gasteiger partial charge in [-0.05, 0) is 38.2 Å². The number of hydrogen-bond donors (Lipinski definition) is 1. The summed E-state index contributed by atoms with van der Waals surface area (Å²) in [5.41, 5.74) is 0.881. The van der Waals surface area contributed by atoms with Gasteiger partial charge in [0.1, 0.15) is 0 Å². The van der Waals surface area contributed by atoms with Crippen molar-refractivity contribution in [3.05, 3.63) is 16.8 Å². The summed E-state index contributed by atoms with van der Waals surface area (Å²) >= 11 is 1.60. The summed E-state index contributed by atoms with van der Waals surface area (Å²) in [6.45, 7) is 2.02. The molecule has 134 valence electrons. The lowest BCUT2D eigenvalue weighted by molar-refractivity contribution is -0.116. The van der Waals surface area contributed by atoms with E-state index in [9.17, 15) is 4.79 Å². The van der Waals surface area contributed by atoms with E-state index in [1.54, 1.807) is 11.3 Å². The molecule has 2 heterocycles. The third-order valence-corrected chi connectivity index (χ3v) is 6.61. The Hall–Kier alpha value is -1.69. The van der Waals surface area contributed by atoms with Crippen molar-refractivity contribution in [2.24, 2.45) is 5.92 Å². The average molecular weight is 359 g/mol. The van der Waals surface area contributed by atoms with Crippen LogP contribution >= 0.6 is 11.3 Å². The van der Waals surface area contributed by atoms with Crippen molar-refractivity contribution in [3.63, 3.8) is 0 Å². The van der Waals surface area contributed by atoms with Crippen molar-refractivity contribution in [1.29, 1.82) is 0 Å². The third-order valence-electron chi connectivity index (χ3n) is 5.56. The second-order valence-electron chi connectivity index (χ2n) is 7.40. The SMILES string of the molecule is Cc1sc(-c2noc(C3CCC3)n2)cc1NC(=O)CCC1CCCC1. The molecule has 4 rings (SSSR count). The van der Waals surface area contributed by atoms with Crippen LogP contribution in [0.15, 0.2) is 10.6 Å². The fourth-order valence-corrected chi connectivity index (χ4v) is 4.62. The van der Waals surface area contributed by atoms with Gasteiger partial charge in [0.05, 0.1) is 10.6 Å². The Bertz CT molecular complexity index is 742. The molecule has 1 amide bonds. The van der Waals surface area contributed by atoms with Gasteiger partial charge in [0.25, 0.3) is 0 Å². The number of nitrogens with one attached hydrogen (secondary N) is 1. The normalized spacial score (nSPS) is 18.4. The molecule has 0 saturated heterocycles. The van der Waals surface area contributed by atoms with Gasteiger partial charge < -0.3 is 9.84 Å². The Labute approximate surface area is 152 Å². The molecule has 6 heteroatoms. The van der Waals surface area contributed by atoms with E-state index in [0.717, 1.165) is 46.5 Å². The molecule has 2 aliphatic rings. The van der Waals surface area contributed by atoms with Gasteiger partial charge >= 0.3 is 0 Å². The Kier molecular flexibility index (Phi) is 4.88. The van der Waals surface area contributed by atoms with Crippen molar-refractivity contribution in [3.8, 4) is 10.7 Å². The number of anilines is 1. The van der Waals surface area contributed by atoms with Gasteiger partial charge in [-0.3, -0.25) is 4.79 Å². The highest BCUT2D eigenvalue weighted by Crippen LogP contribution is 2.38. The maximum atomic E-state index is 12.3. The predicted octanol–water partition coefficient (Wildman–Crippen LogP) is 5.28. The minimum atomic E-state index is 0.114. The first-order valence-corrected chi connectivity index (χ1v) is 10.2. The zero-order valence-corrected chi connectivity index (χ0v) is 15.5. The fraction of sp³-hybridized carbons (Fsp3) is 0.632. The summed E-state index contributed by atoms with van der Waals surface area (Å²) < 4.78 is 5.41. The minimum absolute atomic E-state index is 0.114. The lowest BCUT2D eigenvalue weighted by atomic mass is 9.85. The number of amides is 1. The van der Waals surface area contributed by atoms with Crippen molar-refractivity contribution < 1.29 is 9.32 Å². The van der Waals surface area contributed by atoms with E-state index < -0.39 is 0 Å². The van der Waals surface area contributed by atoms with Gasteiger partial charge in [-0.25, -0.2) is 0 Å². The van der Waals surface area contributed by atoms with E-state index in [-0.39, 0.29) is 5.91 Å². The van der Waals surface area contributed by atoms with Gasteiger partial charge in [-0.15, -0.1) is 11.3 Å². The molecular weight excluding hydrogens is 334 g/mol. The first-order valence-electron chi connectivity index (χ1n) is 9.43. The quantitative estimate of drug-likeness (QED) is 0.761. The summed E-state index contributed by atoms with van der Waals surface area (Å²) in [4.78, 5) is 18.8. The van der Waals surface area contributed by atoms with Crippen LogP contribution in [0.3, 0.4) is 0 Å². The van der Waals surface area contributed by atoms with Gasteiger partial charge in [-0.1, -0.05) is 37.3 Å². The van der Waals surface area contributed by atoms with E-state index in [1.807, 2.05) is 13.0 Å². The number of aryl methyl sites for hydroxylation is 1. The molecule has 0 atom stereocenters. The van der Waals surface area contributed by atoms with Crippen LogP contribution < -0.4 is 5.32 Å². The number of rotatable bonds is 6. The molecule has 0 unspecified atom stereocenters. The summed E-state index contributed by atoms with van der Waals surface area (Å²) in [6.07, 6.45) is 10.4. The van der Waals surface area contributed by atoms with Crippen molar-refractivity contribution in [2.45, 2.75) is 70.6 Å². The number of nitrogens with zero attached hydrogens (tertiary/aromatic N) is 2. The van der Waals surface area contributed by atoms with Gasteiger partial charge in [0.15, 0.2) is 0 Å². The molecule has 1 N–H and O–H groups in total. The van der Waals surface area contributed by atoms with Gasteiger partial charge in [-0.2, -0.15) is 4.98 Å². The minimum Gasteiger partial charge on any atom is -0.339 e. The summed E-state index contributed by atoms with van der Waals surface area (Å²) in [5, 5.41) is 7.18. The van der Waals surface area contributed by atoms with Crippen molar-refractivity contribution in [2.75, 3.05) is 5.32 Å². The molecule has 2 saturated carbocycles. The Balaban J connectivity index is 1.37. The molecular formula is C19H25N3O2S.